The van der Waals surface area contributed by atoms with E-state index in [2.05, 4.69) is 10.00 Å². The van der Waals surface area contributed by atoms with Crippen LogP contribution in [0.3, 0.4) is 0 Å². The summed E-state index contributed by atoms with van der Waals surface area (Å²) in [7, 11) is 0. The molecule has 0 saturated carbocycles. The minimum absolute atomic E-state index is 0.0317. The number of aliphatic hydroxyl groups is 1. The number of pyridine rings is 1. The van der Waals surface area contributed by atoms with Gasteiger partial charge in [-0.05, 0) is 50.9 Å². The number of aromatic nitrogens is 2. The van der Waals surface area contributed by atoms with E-state index in [9.17, 15) is 9.90 Å². The summed E-state index contributed by atoms with van der Waals surface area (Å²) in [6.45, 7) is 3.90. The van der Waals surface area contributed by atoms with E-state index in [0.717, 1.165) is 31.4 Å². The molecule has 0 radical (unpaired) electrons. The van der Waals surface area contributed by atoms with Crippen molar-refractivity contribution in [1.29, 1.82) is 0 Å². The Bertz CT molecular complexity index is 737. The predicted molar refractivity (Wildman–Crippen MR) is 91.0 cm³/mol. The van der Waals surface area contributed by atoms with Crippen molar-refractivity contribution in [1.82, 2.24) is 19.4 Å². The molecular formula is C18H24N4O2. The first-order valence-corrected chi connectivity index (χ1v) is 8.81. The van der Waals surface area contributed by atoms with Gasteiger partial charge in [-0.15, -0.1) is 0 Å². The van der Waals surface area contributed by atoms with Crippen LogP contribution in [-0.2, 0) is 0 Å². The van der Waals surface area contributed by atoms with Crippen LogP contribution >= 0.6 is 0 Å². The van der Waals surface area contributed by atoms with Crippen LogP contribution in [0.15, 0.2) is 30.6 Å². The van der Waals surface area contributed by atoms with Gasteiger partial charge in [0.2, 0.25) is 0 Å². The number of β-amino-alcohol motifs (C(OH)–C–C–N with tert-alkyl or cyclic N) is 1. The maximum atomic E-state index is 12.9. The fraction of sp³-hybridized carbons (Fsp3) is 0.556. The first-order valence-electron chi connectivity index (χ1n) is 8.81. The predicted octanol–water partition coefficient (Wildman–Crippen LogP) is 1.40. The lowest BCUT2D eigenvalue weighted by molar-refractivity contribution is -0.0430. The second kappa shape index (κ2) is 6.18. The highest BCUT2D eigenvalue weighted by atomic mass is 16.3. The van der Waals surface area contributed by atoms with Crippen LogP contribution in [0.4, 0.5) is 0 Å². The molecule has 6 heteroatoms. The molecule has 2 aliphatic rings. The molecule has 0 bridgehead atoms. The third-order valence-corrected chi connectivity index (χ3v) is 5.22. The molecule has 0 spiro atoms. The molecule has 2 aromatic heterocycles. The van der Waals surface area contributed by atoms with Crippen molar-refractivity contribution >= 4 is 11.4 Å². The second-order valence-corrected chi connectivity index (χ2v) is 7.13. The van der Waals surface area contributed by atoms with Crippen molar-refractivity contribution in [2.75, 3.05) is 32.7 Å². The Morgan fingerprint density at radius 1 is 1.21 bits per heavy atom. The molecule has 2 aliphatic heterocycles. The highest BCUT2D eigenvalue weighted by molar-refractivity contribution is 6.00. The van der Waals surface area contributed by atoms with Crippen molar-refractivity contribution in [3.8, 4) is 0 Å². The number of fused-ring (bicyclic) bond motifs is 1. The van der Waals surface area contributed by atoms with E-state index in [1.165, 1.54) is 12.8 Å². The molecule has 128 valence electrons. The molecule has 1 N–H and O–H groups in total. The zero-order valence-electron chi connectivity index (χ0n) is 13.9. The fourth-order valence-electron chi connectivity index (χ4n) is 4.04. The van der Waals surface area contributed by atoms with Crippen LogP contribution in [0, 0.1) is 0 Å². The average Bonchev–Trinajstić information content (AvgIpc) is 3.23. The Labute approximate surface area is 141 Å². The number of nitrogens with zero attached hydrogens (tertiary/aromatic N) is 4. The molecule has 2 saturated heterocycles. The lowest BCUT2D eigenvalue weighted by Crippen LogP contribution is -2.55. The normalized spacial score (nSPS) is 25.5. The molecule has 4 rings (SSSR count). The van der Waals surface area contributed by atoms with Crippen LogP contribution in [0.25, 0.3) is 5.52 Å². The molecule has 1 atom stereocenters. The Hall–Kier alpha value is -1.92. The lowest BCUT2D eigenvalue weighted by Gasteiger charge is -2.41. The number of piperidine rings is 1. The number of hydrogen-bond acceptors (Lipinski definition) is 4. The molecule has 1 amide bonds. The molecule has 2 fully saturated rings. The van der Waals surface area contributed by atoms with E-state index in [-0.39, 0.29) is 5.91 Å². The van der Waals surface area contributed by atoms with Crippen LogP contribution in [0.1, 0.15) is 36.0 Å². The molecule has 0 aromatic carbocycles. The third kappa shape index (κ3) is 2.91. The van der Waals surface area contributed by atoms with Crippen molar-refractivity contribution in [3.63, 3.8) is 0 Å². The van der Waals surface area contributed by atoms with Gasteiger partial charge in [-0.3, -0.25) is 4.79 Å². The highest BCUT2D eigenvalue weighted by Gasteiger charge is 2.37. The van der Waals surface area contributed by atoms with Crippen molar-refractivity contribution < 1.29 is 9.90 Å². The maximum absolute atomic E-state index is 12.9. The summed E-state index contributed by atoms with van der Waals surface area (Å²) in [5.41, 5.74) is 0.637. The minimum Gasteiger partial charge on any atom is -0.387 e. The van der Waals surface area contributed by atoms with Gasteiger partial charge < -0.3 is 14.9 Å². The van der Waals surface area contributed by atoms with Crippen LogP contribution < -0.4 is 0 Å². The Balaban J connectivity index is 1.51. The largest absolute Gasteiger partial charge is 0.387 e. The molecule has 2 aromatic rings. The molecule has 4 heterocycles. The summed E-state index contributed by atoms with van der Waals surface area (Å²) in [4.78, 5) is 17.1. The van der Waals surface area contributed by atoms with Gasteiger partial charge in [-0.1, -0.05) is 6.07 Å². The average molecular weight is 328 g/mol. The monoisotopic (exact) mass is 328 g/mol. The van der Waals surface area contributed by atoms with E-state index < -0.39 is 5.60 Å². The maximum Gasteiger partial charge on any atom is 0.257 e. The quantitative estimate of drug-likeness (QED) is 0.925. The number of amides is 1. The summed E-state index contributed by atoms with van der Waals surface area (Å²) >= 11 is 0. The van der Waals surface area contributed by atoms with Gasteiger partial charge in [-0.25, -0.2) is 4.52 Å². The van der Waals surface area contributed by atoms with Gasteiger partial charge in [0.25, 0.3) is 5.91 Å². The lowest BCUT2D eigenvalue weighted by atomic mass is 9.92. The Morgan fingerprint density at radius 3 is 2.88 bits per heavy atom. The minimum atomic E-state index is -0.790. The number of carbonyl (C=O) groups excluding carboxylic acids is 1. The SMILES string of the molecule is O=C(c1cnn2ccccc12)N1CCCC(O)(CN2CCCC2)C1. The number of likely N-dealkylation sites (tertiary alicyclic amines) is 2. The summed E-state index contributed by atoms with van der Waals surface area (Å²) in [6, 6.07) is 5.71. The zero-order valence-corrected chi connectivity index (χ0v) is 13.9. The van der Waals surface area contributed by atoms with E-state index in [0.29, 0.717) is 25.2 Å². The third-order valence-electron chi connectivity index (χ3n) is 5.22. The Kier molecular flexibility index (Phi) is 4.02. The second-order valence-electron chi connectivity index (χ2n) is 7.13. The number of hydrogen-bond donors (Lipinski definition) is 1. The van der Waals surface area contributed by atoms with Crippen molar-refractivity contribution in [3.05, 3.63) is 36.2 Å². The van der Waals surface area contributed by atoms with E-state index >= 15 is 0 Å². The molecular weight excluding hydrogens is 304 g/mol. The zero-order chi connectivity index (χ0) is 16.6. The van der Waals surface area contributed by atoms with Gasteiger partial charge in [-0.2, -0.15) is 5.10 Å². The number of carbonyl (C=O) groups is 1. The van der Waals surface area contributed by atoms with Gasteiger partial charge >= 0.3 is 0 Å². The van der Waals surface area contributed by atoms with E-state index in [4.69, 9.17) is 0 Å². The fourth-order valence-corrected chi connectivity index (χ4v) is 4.04. The summed E-state index contributed by atoms with van der Waals surface area (Å²) in [6.07, 6.45) is 7.50. The van der Waals surface area contributed by atoms with Crippen LogP contribution in [-0.4, -0.2) is 68.8 Å². The number of rotatable bonds is 3. The summed E-state index contributed by atoms with van der Waals surface area (Å²) < 4.78 is 1.72. The van der Waals surface area contributed by atoms with Crippen LogP contribution in [0.5, 0.6) is 0 Å². The topological polar surface area (TPSA) is 61.1 Å². The van der Waals surface area contributed by atoms with Crippen LogP contribution in [0.2, 0.25) is 0 Å². The Morgan fingerprint density at radius 2 is 2.04 bits per heavy atom. The molecule has 0 aliphatic carbocycles. The molecule has 6 nitrogen and oxygen atoms in total. The van der Waals surface area contributed by atoms with Gasteiger partial charge in [0.1, 0.15) is 0 Å². The smallest absolute Gasteiger partial charge is 0.257 e. The van der Waals surface area contributed by atoms with Gasteiger partial charge in [0.15, 0.2) is 0 Å². The summed E-state index contributed by atoms with van der Waals surface area (Å²) in [5, 5.41) is 15.3. The van der Waals surface area contributed by atoms with E-state index in [1.54, 1.807) is 15.6 Å². The molecule has 1 unspecified atom stereocenters. The summed E-state index contributed by atoms with van der Waals surface area (Å²) in [5.74, 6) is -0.0317. The van der Waals surface area contributed by atoms with Gasteiger partial charge in [0, 0.05) is 19.3 Å². The van der Waals surface area contributed by atoms with Crippen molar-refractivity contribution in [2.45, 2.75) is 31.3 Å². The first kappa shape index (κ1) is 15.6. The highest BCUT2D eigenvalue weighted by Crippen LogP contribution is 2.26. The van der Waals surface area contributed by atoms with E-state index in [1.807, 2.05) is 24.4 Å². The first-order chi connectivity index (χ1) is 11.6. The van der Waals surface area contributed by atoms with Gasteiger partial charge in [0.05, 0.1) is 29.4 Å². The van der Waals surface area contributed by atoms with Crippen molar-refractivity contribution in [2.24, 2.45) is 0 Å². The standard InChI is InChI=1S/C18H24N4O2/c23-17(15-12-19-22-11-2-1-6-16(15)22)21-10-5-7-18(24,14-21)13-20-8-3-4-9-20/h1-2,6,11-12,24H,3-5,7-10,13-14H2. The molecule has 24 heavy (non-hydrogen) atoms.